The maximum atomic E-state index is 14.9. The summed E-state index contributed by atoms with van der Waals surface area (Å²) in [4.78, 5) is 19.3. The predicted molar refractivity (Wildman–Crippen MR) is 112 cm³/mol. The number of anilines is 1. The summed E-state index contributed by atoms with van der Waals surface area (Å²) >= 11 is 0. The molecule has 8 heteroatoms. The average molecular weight is 409 g/mol. The Morgan fingerprint density at radius 3 is 2.60 bits per heavy atom. The second kappa shape index (κ2) is 9.15. The van der Waals surface area contributed by atoms with Gasteiger partial charge in [0.2, 0.25) is 0 Å². The number of halogens is 1. The van der Waals surface area contributed by atoms with Gasteiger partial charge in [0.25, 0.3) is 0 Å². The molecule has 2 fully saturated rings. The van der Waals surface area contributed by atoms with Crippen molar-refractivity contribution in [2.24, 2.45) is 5.11 Å². The van der Waals surface area contributed by atoms with Crippen molar-refractivity contribution in [1.82, 2.24) is 4.90 Å². The molecule has 4 rings (SSSR count). The van der Waals surface area contributed by atoms with E-state index in [9.17, 15) is 9.18 Å². The summed E-state index contributed by atoms with van der Waals surface area (Å²) in [6.45, 7) is 4.24. The van der Waals surface area contributed by atoms with Crippen LogP contribution in [0.15, 0.2) is 53.6 Å². The standard InChI is InChI=1S/C22H24FN5O2/c23-20-12-17(19-13-18(14-25-26-24)30-22(19)29)6-7-21(20)28-10-8-27(9-11-28)15-16-4-2-1-3-5-16/h1-7,12,18-19H,8-11,13-15H2/t18?,19-/m1/s1. The van der Waals surface area contributed by atoms with Gasteiger partial charge >= 0.3 is 5.97 Å². The Morgan fingerprint density at radius 2 is 1.90 bits per heavy atom. The van der Waals surface area contributed by atoms with Crippen LogP contribution in [-0.4, -0.2) is 49.7 Å². The van der Waals surface area contributed by atoms with Gasteiger partial charge in [-0.2, -0.15) is 0 Å². The second-order valence-corrected chi connectivity index (χ2v) is 7.72. The Kier molecular flexibility index (Phi) is 6.16. The van der Waals surface area contributed by atoms with Crippen molar-refractivity contribution in [3.05, 3.63) is 75.9 Å². The van der Waals surface area contributed by atoms with Crippen molar-refractivity contribution in [3.8, 4) is 0 Å². The van der Waals surface area contributed by atoms with E-state index in [1.54, 1.807) is 12.1 Å². The number of carbonyl (C=O) groups is 1. The lowest BCUT2D eigenvalue weighted by Crippen LogP contribution is -2.46. The summed E-state index contributed by atoms with van der Waals surface area (Å²) in [5.74, 6) is -1.24. The molecule has 2 heterocycles. The zero-order valence-corrected chi connectivity index (χ0v) is 16.7. The lowest BCUT2D eigenvalue weighted by Gasteiger charge is -2.36. The number of nitrogens with zero attached hydrogens (tertiary/aromatic N) is 5. The Hall–Kier alpha value is -3.09. The number of piperazine rings is 1. The van der Waals surface area contributed by atoms with E-state index in [0.717, 1.165) is 32.7 Å². The summed E-state index contributed by atoms with van der Waals surface area (Å²) in [7, 11) is 0. The number of ether oxygens (including phenoxy) is 1. The van der Waals surface area contributed by atoms with Crippen LogP contribution >= 0.6 is 0 Å². The van der Waals surface area contributed by atoms with E-state index >= 15 is 0 Å². The third kappa shape index (κ3) is 4.56. The highest BCUT2D eigenvalue weighted by Crippen LogP contribution is 2.33. The van der Waals surface area contributed by atoms with Crippen LogP contribution in [0.1, 0.15) is 23.5 Å². The largest absolute Gasteiger partial charge is 0.462 e. The van der Waals surface area contributed by atoms with E-state index in [-0.39, 0.29) is 12.4 Å². The van der Waals surface area contributed by atoms with Gasteiger partial charge in [-0.05, 0) is 28.8 Å². The predicted octanol–water partition coefficient (Wildman–Crippen LogP) is 3.86. The second-order valence-electron chi connectivity index (χ2n) is 7.72. The molecule has 2 saturated heterocycles. The van der Waals surface area contributed by atoms with Crippen LogP contribution in [0.2, 0.25) is 0 Å². The van der Waals surface area contributed by atoms with Crippen molar-refractivity contribution >= 4 is 11.7 Å². The average Bonchev–Trinajstić information content (AvgIpc) is 3.14. The van der Waals surface area contributed by atoms with Crippen molar-refractivity contribution < 1.29 is 13.9 Å². The minimum absolute atomic E-state index is 0.104. The molecule has 30 heavy (non-hydrogen) atoms. The van der Waals surface area contributed by atoms with Crippen LogP contribution in [-0.2, 0) is 16.1 Å². The van der Waals surface area contributed by atoms with Crippen LogP contribution in [0.5, 0.6) is 0 Å². The Balaban J connectivity index is 1.37. The minimum Gasteiger partial charge on any atom is -0.462 e. The van der Waals surface area contributed by atoms with E-state index in [1.165, 1.54) is 11.6 Å². The summed E-state index contributed by atoms with van der Waals surface area (Å²) in [5.41, 5.74) is 10.9. The molecule has 2 aromatic carbocycles. The molecule has 1 unspecified atom stereocenters. The fourth-order valence-electron chi connectivity index (χ4n) is 4.15. The molecule has 2 aromatic rings. The SMILES string of the molecule is [N-]=[N+]=NCC1C[C@H](c2ccc(N3CCN(Cc4ccccc4)CC3)c(F)c2)C(=O)O1. The highest BCUT2D eigenvalue weighted by Gasteiger charge is 2.35. The van der Waals surface area contributed by atoms with Crippen molar-refractivity contribution in [1.29, 1.82) is 0 Å². The van der Waals surface area contributed by atoms with E-state index in [0.29, 0.717) is 17.7 Å². The summed E-state index contributed by atoms with van der Waals surface area (Å²) in [6, 6.07) is 15.3. The molecule has 0 radical (unpaired) electrons. The summed E-state index contributed by atoms with van der Waals surface area (Å²) in [5, 5.41) is 3.46. The molecule has 0 amide bonds. The fourth-order valence-corrected chi connectivity index (χ4v) is 4.15. The number of rotatable bonds is 6. The topological polar surface area (TPSA) is 81.5 Å². The van der Waals surface area contributed by atoms with Gasteiger partial charge in [-0.25, -0.2) is 4.39 Å². The minimum atomic E-state index is -0.518. The number of carbonyl (C=O) groups excluding carboxylic acids is 1. The van der Waals surface area contributed by atoms with Crippen LogP contribution in [0, 0.1) is 5.82 Å². The zero-order valence-electron chi connectivity index (χ0n) is 16.7. The van der Waals surface area contributed by atoms with E-state index in [4.69, 9.17) is 10.3 Å². The first-order chi connectivity index (χ1) is 14.6. The number of hydrogen-bond acceptors (Lipinski definition) is 5. The zero-order chi connectivity index (χ0) is 20.9. The molecule has 0 aromatic heterocycles. The molecular formula is C22H24FN5O2. The van der Waals surface area contributed by atoms with Gasteiger partial charge in [0.15, 0.2) is 0 Å². The van der Waals surface area contributed by atoms with Crippen LogP contribution in [0.4, 0.5) is 10.1 Å². The maximum absolute atomic E-state index is 14.9. The number of cyclic esters (lactones) is 1. The molecule has 2 aliphatic heterocycles. The van der Waals surface area contributed by atoms with Crippen LogP contribution in [0.3, 0.4) is 0 Å². The van der Waals surface area contributed by atoms with Gasteiger partial charge in [-0.15, -0.1) is 0 Å². The van der Waals surface area contributed by atoms with Gasteiger partial charge in [-0.1, -0.05) is 41.5 Å². The molecule has 0 aliphatic carbocycles. The first-order valence-corrected chi connectivity index (χ1v) is 10.2. The number of azide groups is 1. The highest BCUT2D eigenvalue weighted by atomic mass is 19.1. The molecular weight excluding hydrogens is 385 g/mol. The first kappa shape index (κ1) is 20.2. The van der Waals surface area contributed by atoms with E-state index in [2.05, 4.69) is 32.0 Å². The van der Waals surface area contributed by atoms with Crippen LogP contribution < -0.4 is 4.90 Å². The Labute approximate surface area is 174 Å². The molecule has 156 valence electrons. The third-order valence-corrected chi connectivity index (χ3v) is 5.75. The molecule has 7 nitrogen and oxygen atoms in total. The van der Waals surface area contributed by atoms with Crippen molar-refractivity contribution in [3.63, 3.8) is 0 Å². The molecule has 0 spiro atoms. The lowest BCUT2D eigenvalue weighted by molar-refractivity contribution is -0.142. The highest BCUT2D eigenvalue weighted by molar-refractivity contribution is 5.80. The lowest BCUT2D eigenvalue weighted by atomic mass is 9.95. The molecule has 0 saturated carbocycles. The summed E-state index contributed by atoms with van der Waals surface area (Å²) < 4.78 is 20.1. The number of benzene rings is 2. The maximum Gasteiger partial charge on any atom is 0.313 e. The van der Waals surface area contributed by atoms with Crippen molar-refractivity contribution in [2.45, 2.75) is 25.0 Å². The number of esters is 1. The van der Waals surface area contributed by atoms with Crippen LogP contribution in [0.25, 0.3) is 10.4 Å². The molecule has 0 N–H and O–H groups in total. The number of hydrogen-bond donors (Lipinski definition) is 0. The molecule has 2 atom stereocenters. The van der Waals surface area contributed by atoms with Gasteiger partial charge in [-0.3, -0.25) is 9.69 Å². The van der Waals surface area contributed by atoms with E-state index < -0.39 is 18.0 Å². The summed E-state index contributed by atoms with van der Waals surface area (Å²) in [6.07, 6.45) is -0.0479. The quantitative estimate of drug-likeness (QED) is 0.314. The monoisotopic (exact) mass is 409 g/mol. The van der Waals surface area contributed by atoms with Gasteiger partial charge in [0.05, 0.1) is 18.2 Å². The van der Waals surface area contributed by atoms with Crippen molar-refractivity contribution in [2.75, 3.05) is 37.6 Å². The Bertz CT molecular complexity index is 940. The first-order valence-electron chi connectivity index (χ1n) is 10.2. The normalized spacial score (nSPS) is 21.9. The van der Waals surface area contributed by atoms with E-state index in [1.807, 2.05) is 18.2 Å². The van der Waals surface area contributed by atoms with Gasteiger partial charge in [0, 0.05) is 44.1 Å². The third-order valence-electron chi connectivity index (χ3n) is 5.75. The van der Waals surface area contributed by atoms with Gasteiger partial charge < -0.3 is 9.64 Å². The fraction of sp³-hybridized carbons (Fsp3) is 0.409. The smallest absolute Gasteiger partial charge is 0.313 e. The van der Waals surface area contributed by atoms with Gasteiger partial charge in [0.1, 0.15) is 11.9 Å². The molecule has 2 aliphatic rings. The Morgan fingerprint density at radius 1 is 1.13 bits per heavy atom. The molecule has 0 bridgehead atoms.